The van der Waals surface area contributed by atoms with Crippen molar-refractivity contribution < 1.29 is 17.9 Å². The fourth-order valence-corrected chi connectivity index (χ4v) is 6.63. The van der Waals surface area contributed by atoms with E-state index in [9.17, 15) is 13.2 Å². The van der Waals surface area contributed by atoms with Crippen LogP contribution in [0.1, 0.15) is 36.8 Å². The number of sulfone groups is 1. The van der Waals surface area contributed by atoms with Crippen molar-refractivity contribution in [2.45, 2.75) is 55.0 Å². The molecule has 34 heavy (non-hydrogen) atoms. The van der Waals surface area contributed by atoms with Crippen molar-refractivity contribution in [2.24, 2.45) is 0 Å². The molecule has 6 heteroatoms. The molecule has 3 aromatic rings. The minimum atomic E-state index is -3.58. The molecule has 1 amide bonds. The summed E-state index contributed by atoms with van der Waals surface area (Å²) in [5, 5.41) is -0.634. The fourth-order valence-electron chi connectivity index (χ4n) is 4.62. The summed E-state index contributed by atoms with van der Waals surface area (Å²) in [7, 11) is -3.58. The first-order chi connectivity index (χ1) is 16.6. The van der Waals surface area contributed by atoms with Gasteiger partial charge >= 0.3 is 0 Å². The summed E-state index contributed by atoms with van der Waals surface area (Å²) in [6.07, 6.45) is 1.84. The number of carbonyl (C=O) groups is 1. The van der Waals surface area contributed by atoms with Gasteiger partial charge in [0, 0.05) is 25.6 Å². The Bertz CT molecular complexity index is 1150. The third-order valence-corrected chi connectivity index (χ3v) is 8.63. The molecule has 1 fully saturated rings. The van der Waals surface area contributed by atoms with E-state index < -0.39 is 21.1 Å². The van der Waals surface area contributed by atoms with Crippen LogP contribution >= 0.6 is 0 Å². The number of ether oxygens (including phenoxy) is 1. The standard InChI is InChI=1S/C28H31NO4S/c30-28-19-18-27(34(31,32)25-15-8-3-9-16-25)26(29(28)21-23-11-4-1-5-12-23)17-10-20-33-22-24-13-6-2-7-14-24/h1-9,11-16,26-27H,10,17-22H2/t26-,27-/m1/s1. The van der Waals surface area contributed by atoms with E-state index in [-0.39, 0.29) is 12.3 Å². The van der Waals surface area contributed by atoms with Crippen LogP contribution in [0.2, 0.25) is 0 Å². The Morgan fingerprint density at radius 2 is 1.41 bits per heavy atom. The van der Waals surface area contributed by atoms with Crippen LogP contribution < -0.4 is 0 Å². The largest absolute Gasteiger partial charge is 0.377 e. The highest BCUT2D eigenvalue weighted by Gasteiger charge is 2.42. The molecule has 2 atom stereocenters. The molecule has 178 valence electrons. The molecular weight excluding hydrogens is 446 g/mol. The van der Waals surface area contributed by atoms with Gasteiger partial charge in [0.05, 0.1) is 16.8 Å². The Labute approximate surface area is 202 Å². The molecular formula is C28H31NO4S. The Balaban J connectivity index is 1.51. The SMILES string of the molecule is O=C1CC[C@@H](S(=O)(=O)c2ccccc2)[C@@H](CCCOCc2ccccc2)N1Cc1ccccc1. The van der Waals surface area contributed by atoms with Gasteiger partial charge in [-0.2, -0.15) is 0 Å². The van der Waals surface area contributed by atoms with Crippen molar-refractivity contribution in [1.82, 2.24) is 4.90 Å². The summed E-state index contributed by atoms with van der Waals surface area (Å²) in [6.45, 7) is 1.44. The highest BCUT2D eigenvalue weighted by Crippen LogP contribution is 2.32. The first kappa shape index (κ1) is 24.2. The zero-order valence-electron chi connectivity index (χ0n) is 19.3. The van der Waals surface area contributed by atoms with Gasteiger partial charge < -0.3 is 9.64 Å². The van der Waals surface area contributed by atoms with E-state index >= 15 is 0 Å². The Hall–Kier alpha value is -2.96. The first-order valence-electron chi connectivity index (χ1n) is 11.8. The van der Waals surface area contributed by atoms with Gasteiger partial charge in [0.25, 0.3) is 0 Å². The summed E-state index contributed by atoms with van der Waals surface area (Å²) in [5.74, 6) is 0.0126. The minimum Gasteiger partial charge on any atom is -0.377 e. The molecule has 0 saturated carbocycles. The van der Waals surface area contributed by atoms with Crippen molar-refractivity contribution in [3.8, 4) is 0 Å². The molecule has 0 spiro atoms. The lowest BCUT2D eigenvalue weighted by atomic mass is 9.96. The lowest BCUT2D eigenvalue weighted by Gasteiger charge is -2.41. The predicted molar refractivity (Wildman–Crippen MR) is 133 cm³/mol. The molecule has 5 nitrogen and oxygen atoms in total. The smallest absolute Gasteiger partial charge is 0.223 e. The van der Waals surface area contributed by atoms with E-state index in [1.165, 1.54) is 0 Å². The number of piperidine rings is 1. The highest BCUT2D eigenvalue weighted by atomic mass is 32.2. The maximum atomic E-state index is 13.6. The molecule has 0 radical (unpaired) electrons. The number of carbonyl (C=O) groups excluding carboxylic acids is 1. The Morgan fingerprint density at radius 1 is 0.824 bits per heavy atom. The second kappa shape index (κ2) is 11.4. The van der Waals surface area contributed by atoms with Crippen molar-refractivity contribution in [3.63, 3.8) is 0 Å². The number of nitrogens with zero attached hydrogens (tertiary/aromatic N) is 1. The van der Waals surface area contributed by atoms with E-state index in [0.717, 1.165) is 11.1 Å². The van der Waals surface area contributed by atoms with Crippen LogP contribution in [-0.4, -0.2) is 37.1 Å². The van der Waals surface area contributed by atoms with E-state index in [4.69, 9.17) is 4.74 Å². The third kappa shape index (κ3) is 5.93. The number of benzene rings is 3. The molecule has 1 aliphatic heterocycles. The topological polar surface area (TPSA) is 63.7 Å². The minimum absolute atomic E-state index is 0.0126. The van der Waals surface area contributed by atoms with Crippen molar-refractivity contribution in [3.05, 3.63) is 102 Å². The number of hydrogen-bond acceptors (Lipinski definition) is 4. The monoisotopic (exact) mass is 477 g/mol. The lowest BCUT2D eigenvalue weighted by Crippen LogP contribution is -2.53. The lowest BCUT2D eigenvalue weighted by molar-refractivity contribution is -0.137. The summed E-state index contributed by atoms with van der Waals surface area (Å²) in [4.78, 5) is 15.1. The van der Waals surface area contributed by atoms with Gasteiger partial charge in [0.2, 0.25) is 5.91 Å². The van der Waals surface area contributed by atoms with E-state index in [2.05, 4.69) is 0 Å². The van der Waals surface area contributed by atoms with E-state index in [1.54, 1.807) is 29.2 Å². The highest BCUT2D eigenvalue weighted by molar-refractivity contribution is 7.92. The normalized spacial score (nSPS) is 18.7. The van der Waals surface area contributed by atoms with Gasteiger partial charge in [-0.1, -0.05) is 78.9 Å². The average molecular weight is 478 g/mol. The predicted octanol–water partition coefficient (Wildman–Crippen LogP) is 5.02. The molecule has 4 rings (SSSR count). The summed E-state index contributed by atoms with van der Waals surface area (Å²) in [5.41, 5.74) is 2.10. The van der Waals surface area contributed by atoms with Crippen molar-refractivity contribution >= 4 is 15.7 Å². The summed E-state index contributed by atoms with van der Waals surface area (Å²) in [6, 6.07) is 27.9. The second-order valence-corrected chi connectivity index (χ2v) is 10.9. The zero-order valence-corrected chi connectivity index (χ0v) is 20.1. The van der Waals surface area contributed by atoms with E-state index in [1.807, 2.05) is 66.7 Å². The van der Waals surface area contributed by atoms with Crippen LogP contribution in [0.25, 0.3) is 0 Å². The van der Waals surface area contributed by atoms with Crippen LogP contribution in [0.3, 0.4) is 0 Å². The van der Waals surface area contributed by atoms with Crippen LogP contribution in [-0.2, 0) is 32.5 Å². The van der Waals surface area contributed by atoms with Gasteiger partial charge in [-0.05, 0) is 42.5 Å². The second-order valence-electron chi connectivity index (χ2n) is 8.69. The Kier molecular flexibility index (Phi) is 8.14. The average Bonchev–Trinajstić information content (AvgIpc) is 2.87. The molecule has 3 aromatic carbocycles. The Morgan fingerprint density at radius 3 is 2.06 bits per heavy atom. The maximum Gasteiger partial charge on any atom is 0.223 e. The van der Waals surface area contributed by atoms with Crippen molar-refractivity contribution in [1.29, 1.82) is 0 Å². The van der Waals surface area contributed by atoms with Crippen LogP contribution in [0, 0.1) is 0 Å². The maximum absolute atomic E-state index is 13.6. The fraction of sp³-hybridized carbons (Fsp3) is 0.321. The number of hydrogen-bond donors (Lipinski definition) is 0. The summed E-state index contributed by atoms with van der Waals surface area (Å²) < 4.78 is 33.1. The molecule has 0 bridgehead atoms. The molecule has 0 N–H and O–H groups in total. The molecule has 1 heterocycles. The van der Waals surface area contributed by atoms with Crippen LogP contribution in [0.15, 0.2) is 95.9 Å². The van der Waals surface area contributed by atoms with Gasteiger partial charge in [0.1, 0.15) is 0 Å². The number of likely N-dealkylation sites (tertiary alicyclic amines) is 1. The number of rotatable bonds is 10. The van der Waals surface area contributed by atoms with Gasteiger partial charge in [-0.3, -0.25) is 4.79 Å². The molecule has 0 aromatic heterocycles. The van der Waals surface area contributed by atoms with Crippen molar-refractivity contribution in [2.75, 3.05) is 6.61 Å². The van der Waals surface area contributed by atoms with Gasteiger partial charge in [-0.15, -0.1) is 0 Å². The zero-order chi connectivity index (χ0) is 23.8. The summed E-state index contributed by atoms with van der Waals surface area (Å²) >= 11 is 0. The van der Waals surface area contributed by atoms with Crippen LogP contribution in [0.4, 0.5) is 0 Å². The quantitative estimate of drug-likeness (QED) is 0.385. The molecule has 0 aliphatic carbocycles. The molecule has 0 unspecified atom stereocenters. The van der Waals surface area contributed by atoms with E-state index in [0.29, 0.717) is 43.9 Å². The van der Waals surface area contributed by atoms with Crippen LogP contribution in [0.5, 0.6) is 0 Å². The molecule has 1 aliphatic rings. The van der Waals surface area contributed by atoms with Gasteiger partial charge in [0.15, 0.2) is 9.84 Å². The van der Waals surface area contributed by atoms with Gasteiger partial charge in [-0.25, -0.2) is 8.42 Å². The first-order valence-corrected chi connectivity index (χ1v) is 13.3. The third-order valence-electron chi connectivity index (χ3n) is 6.36. The number of amides is 1. The molecule has 1 saturated heterocycles.